The number of rotatable bonds is 6. The van der Waals surface area contributed by atoms with E-state index in [1.165, 1.54) is 4.90 Å². The summed E-state index contributed by atoms with van der Waals surface area (Å²) in [7, 11) is 0. The predicted molar refractivity (Wildman–Crippen MR) is 113 cm³/mol. The summed E-state index contributed by atoms with van der Waals surface area (Å²) in [5.41, 5.74) is 1.78. The summed E-state index contributed by atoms with van der Waals surface area (Å²) < 4.78 is 7.07. The highest BCUT2D eigenvalue weighted by Crippen LogP contribution is 2.24. The molecule has 1 N–H and O–H groups in total. The number of carbonyl (C=O) groups excluding carboxylic acids is 1. The van der Waals surface area contributed by atoms with E-state index in [4.69, 9.17) is 16.3 Å². The number of carbonyl (C=O) groups is 1. The van der Waals surface area contributed by atoms with Crippen molar-refractivity contribution in [1.29, 1.82) is 0 Å². The number of halogens is 1. The van der Waals surface area contributed by atoms with E-state index in [1.54, 1.807) is 13.3 Å². The normalized spacial score (nSPS) is 17.1. The van der Waals surface area contributed by atoms with Gasteiger partial charge in [-0.05, 0) is 44.5 Å². The Morgan fingerprint density at radius 2 is 2.03 bits per heavy atom. The molecule has 3 aromatic rings. The number of imidazole rings is 1. The summed E-state index contributed by atoms with van der Waals surface area (Å²) in [5.74, 6) is 1.18. The lowest BCUT2D eigenvalue weighted by atomic mass is 10.2. The van der Waals surface area contributed by atoms with Gasteiger partial charge in [-0.3, -0.25) is 0 Å². The zero-order valence-corrected chi connectivity index (χ0v) is 17.7. The summed E-state index contributed by atoms with van der Waals surface area (Å²) in [6.07, 6.45) is 3.99. The molecule has 0 aliphatic carbocycles. The summed E-state index contributed by atoms with van der Waals surface area (Å²) in [6.45, 7) is 6.05. The fraction of sp³-hybridized carbons (Fsp3) is 0.350. The lowest BCUT2D eigenvalue weighted by molar-refractivity contribution is 0.178. The van der Waals surface area contributed by atoms with Gasteiger partial charge in [0.25, 0.3) is 0 Å². The SMILES string of the molecule is CC[C@H]1COC(=O)N1c1nc(C)nc(N[C@H](C)c2cn(-c3ccc(Cl)cc3)cn2)n1. The molecule has 0 saturated carbocycles. The molecule has 10 heteroatoms. The number of cyclic esters (lactones) is 1. The van der Waals surface area contributed by atoms with Crippen LogP contribution in [0.2, 0.25) is 5.02 Å². The zero-order valence-electron chi connectivity index (χ0n) is 16.9. The molecule has 1 fully saturated rings. The van der Waals surface area contributed by atoms with Crippen LogP contribution >= 0.6 is 11.6 Å². The van der Waals surface area contributed by atoms with Gasteiger partial charge in [-0.25, -0.2) is 14.7 Å². The zero-order chi connectivity index (χ0) is 21.3. The van der Waals surface area contributed by atoms with Crippen molar-refractivity contribution in [2.45, 2.75) is 39.3 Å². The van der Waals surface area contributed by atoms with Crippen molar-refractivity contribution in [2.75, 3.05) is 16.8 Å². The Kier molecular flexibility index (Phi) is 5.54. The molecule has 2 aromatic heterocycles. The van der Waals surface area contributed by atoms with E-state index in [1.807, 2.05) is 48.9 Å². The summed E-state index contributed by atoms with van der Waals surface area (Å²) in [4.78, 5) is 31.2. The van der Waals surface area contributed by atoms with Crippen LogP contribution in [0.1, 0.15) is 37.8 Å². The predicted octanol–water partition coefficient (Wildman–Crippen LogP) is 3.93. The van der Waals surface area contributed by atoms with Gasteiger partial charge in [0.15, 0.2) is 0 Å². The highest BCUT2D eigenvalue weighted by molar-refractivity contribution is 6.30. The minimum absolute atomic E-state index is 0.0837. The van der Waals surface area contributed by atoms with Crippen LogP contribution in [0.4, 0.5) is 16.7 Å². The first-order chi connectivity index (χ1) is 14.4. The molecule has 1 saturated heterocycles. The first-order valence-electron chi connectivity index (χ1n) is 9.69. The fourth-order valence-corrected chi connectivity index (χ4v) is 3.36. The molecule has 9 nitrogen and oxygen atoms in total. The molecule has 1 aliphatic rings. The number of hydrogen-bond acceptors (Lipinski definition) is 7. The molecule has 0 bridgehead atoms. The topological polar surface area (TPSA) is 98.1 Å². The van der Waals surface area contributed by atoms with Gasteiger partial charge < -0.3 is 14.6 Å². The van der Waals surface area contributed by atoms with Crippen molar-refractivity contribution in [1.82, 2.24) is 24.5 Å². The maximum Gasteiger partial charge on any atom is 0.417 e. The minimum Gasteiger partial charge on any atom is -0.447 e. The van der Waals surface area contributed by atoms with Gasteiger partial charge >= 0.3 is 6.09 Å². The number of benzene rings is 1. The van der Waals surface area contributed by atoms with Gasteiger partial charge in [0.1, 0.15) is 12.4 Å². The molecule has 30 heavy (non-hydrogen) atoms. The van der Waals surface area contributed by atoms with Gasteiger partial charge in [-0.1, -0.05) is 18.5 Å². The van der Waals surface area contributed by atoms with Crippen molar-refractivity contribution in [3.63, 3.8) is 0 Å². The molecule has 156 valence electrons. The smallest absolute Gasteiger partial charge is 0.417 e. The fourth-order valence-electron chi connectivity index (χ4n) is 3.23. The lowest BCUT2D eigenvalue weighted by Crippen LogP contribution is -2.34. The van der Waals surface area contributed by atoms with Gasteiger partial charge in [-0.2, -0.15) is 15.0 Å². The summed E-state index contributed by atoms with van der Waals surface area (Å²) in [5, 5.41) is 3.93. The summed E-state index contributed by atoms with van der Waals surface area (Å²) >= 11 is 5.96. The maximum atomic E-state index is 12.1. The third-order valence-corrected chi connectivity index (χ3v) is 5.15. The standard InChI is InChI=1S/C20H22ClN7O2/c1-4-15-10-30-20(29)28(15)19-25-13(3)24-18(26-19)23-12(2)17-9-27(11-22-17)16-7-5-14(21)6-8-16/h5-9,11-12,15H,4,10H2,1-3H3,(H,23,24,25,26)/t12-,15+/m1/s1. The number of aryl methyl sites for hydroxylation is 1. The number of nitrogens with zero attached hydrogens (tertiary/aromatic N) is 6. The average Bonchev–Trinajstić information content (AvgIpc) is 3.35. The van der Waals surface area contributed by atoms with E-state index in [2.05, 4.69) is 25.3 Å². The Balaban J connectivity index is 1.54. The number of amides is 1. The van der Waals surface area contributed by atoms with Crippen LogP contribution in [0.5, 0.6) is 0 Å². The lowest BCUT2D eigenvalue weighted by Gasteiger charge is -2.19. The highest BCUT2D eigenvalue weighted by Gasteiger charge is 2.35. The molecular formula is C20H22ClN7O2. The molecular weight excluding hydrogens is 406 g/mol. The van der Waals surface area contributed by atoms with Crippen LogP contribution in [-0.4, -0.2) is 43.2 Å². The largest absolute Gasteiger partial charge is 0.447 e. The Morgan fingerprint density at radius 3 is 2.77 bits per heavy atom. The number of aromatic nitrogens is 5. The molecule has 1 amide bonds. The van der Waals surface area contributed by atoms with Crippen LogP contribution < -0.4 is 10.2 Å². The number of anilines is 2. The Morgan fingerprint density at radius 1 is 1.27 bits per heavy atom. The first kappa shape index (κ1) is 20.1. The number of hydrogen-bond donors (Lipinski definition) is 1. The van der Waals surface area contributed by atoms with Crippen molar-refractivity contribution in [2.24, 2.45) is 0 Å². The van der Waals surface area contributed by atoms with E-state index in [0.717, 1.165) is 17.8 Å². The van der Waals surface area contributed by atoms with E-state index in [0.29, 0.717) is 29.4 Å². The molecule has 1 aliphatic heterocycles. The summed E-state index contributed by atoms with van der Waals surface area (Å²) in [6, 6.07) is 7.26. The number of ether oxygens (including phenoxy) is 1. The van der Waals surface area contributed by atoms with Gasteiger partial charge in [0, 0.05) is 16.9 Å². The van der Waals surface area contributed by atoms with Crippen LogP contribution in [0.15, 0.2) is 36.8 Å². The van der Waals surface area contributed by atoms with Crippen molar-refractivity contribution >= 4 is 29.6 Å². The van der Waals surface area contributed by atoms with Crippen molar-refractivity contribution in [3.05, 3.63) is 53.3 Å². The monoisotopic (exact) mass is 427 g/mol. The van der Waals surface area contributed by atoms with Crippen LogP contribution in [-0.2, 0) is 4.74 Å². The minimum atomic E-state index is -0.437. The third kappa shape index (κ3) is 4.06. The number of nitrogens with one attached hydrogen (secondary N) is 1. The second-order valence-electron chi connectivity index (χ2n) is 7.06. The molecule has 2 atom stereocenters. The second-order valence-corrected chi connectivity index (χ2v) is 7.50. The molecule has 0 unspecified atom stereocenters. The quantitative estimate of drug-likeness (QED) is 0.636. The van der Waals surface area contributed by atoms with E-state index in [9.17, 15) is 4.79 Å². The van der Waals surface area contributed by atoms with Gasteiger partial charge in [-0.15, -0.1) is 0 Å². The molecule has 0 radical (unpaired) electrons. The first-order valence-corrected chi connectivity index (χ1v) is 10.1. The molecule has 0 spiro atoms. The second kappa shape index (κ2) is 8.27. The highest BCUT2D eigenvalue weighted by atomic mass is 35.5. The van der Waals surface area contributed by atoms with Crippen LogP contribution in [0, 0.1) is 6.92 Å². The van der Waals surface area contributed by atoms with Gasteiger partial charge in [0.2, 0.25) is 11.9 Å². The van der Waals surface area contributed by atoms with Crippen LogP contribution in [0.3, 0.4) is 0 Å². The van der Waals surface area contributed by atoms with E-state index < -0.39 is 6.09 Å². The molecule has 4 rings (SSSR count). The average molecular weight is 428 g/mol. The maximum absolute atomic E-state index is 12.1. The van der Waals surface area contributed by atoms with E-state index in [-0.39, 0.29) is 12.1 Å². The Bertz CT molecular complexity index is 1050. The Labute approximate surface area is 179 Å². The Hall–Kier alpha value is -3.20. The van der Waals surface area contributed by atoms with Crippen molar-refractivity contribution in [3.8, 4) is 5.69 Å². The third-order valence-electron chi connectivity index (χ3n) is 4.90. The van der Waals surface area contributed by atoms with Crippen molar-refractivity contribution < 1.29 is 9.53 Å². The molecule has 3 heterocycles. The van der Waals surface area contributed by atoms with Gasteiger partial charge in [0.05, 0.1) is 24.1 Å². The molecule has 1 aromatic carbocycles. The van der Waals surface area contributed by atoms with E-state index >= 15 is 0 Å². The van der Waals surface area contributed by atoms with Crippen LogP contribution in [0.25, 0.3) is 5.69 Å².